The van der Waals surface area contributed by atoms with Crippen LogP contribution in [0.2, 0.25) is 0 Å². The van der Waals surface area contributed by atoms with Crippen LogP contribution >= 0.6 is 15.9 Å². The van der Waals surface area contributed by atoms with Crippen LogP contribution in [0, 0.1) is 0 Å². The molecule has 0 unspecified atom stereocenters. The average molecular weight is 413 g/mol. The molecule has 2 aliphatic heterocycles. The summed E-state index contributed by atoms with van der Waals surface area (Å²) in [5, 5.41) is 0. The molecule has 130 valence electrons. The fourth-order valence-corrected chi connectivity index (χ4v) is 3.84. The molecule has 4 rings (SSSR count). The SMILES string of the molecule is O=C1c2ccccc2C(=O)N1CC(Br)CN1C(=O)c2ccccc2C1=O. The molecule has 0 aromatic heterocycles. The van der Waals surface area contributed by atoms with Crippen molar-refractivity contribution in [3.05, 3.63) is 70.8 Å². The number of halogens is 1. The van der Waals surface area contributed by atoms with Crippen molar-refractivity contribution >= 4 is 39.6 Å². The van der Waals surface area contributed by atoms with Crippen molar-refractivity contribution in [3.63, 3.8) is 0 Å². The molecule has 0 bridgehead atoms. The molecule has 0 spiro atoms. The smallest absolute Gasteiger partial charge is 0.261 e. The van der Waals surface area contributed by atoms with Gasteiger partial charge in [0.15, 0.2) is 0 Å². The molecule has 0 aliphatic carbocycles. The van der Waals surface area contributed by atoms with Gasteiger partial charge in [-0.2, -0.15) is 0 Å². The fourth-order valence-electron chi connectivity index (χ4n) is 3.26. The number of carbonyl (C=O) groups is 4. The van der Waals surface area contributed by atoms with E-state index in [2.05, 4.69) is 15.9 Å². The minimum absolute atomic E-state index is 0.0692. The van der Waals surface area contributed by atoms with Crippen LogP contribution < -0.4 is 0 Å². The van der Waals surface area contributed by atoms with Gasteiger partial charge in [-0.05, 0) is 24.3 Å². The second-order valence-electron chi connectivity index (χ2n) is 6.13. The van der Waals surface area contributed by atoms with Gasteiger partial charge >= 0.3 is 0 Å². The van der Waals surface area contributed by atoms with Gasteiger partial charge in [0.05, 0.1) is 27.1 Å². The number of amides is 4. The molecule has 0 radical (unpaired) electrons. The number of fused-ring (bicyclic) bond motifs is 2. The Labute approximate surface area is 157 Å². The highest BCUT2D eigenvalue weighted by Gasteiger charge is 2.39. The van der Waals surface area contributed by atoms with E-state index in [-0.39, 0.29) is 36.7 Å². The van der Waals surface area contributed by atoms with Crippen LogP contribution in [0.1, 0.15) is 41.4 Å². The highest BCUT2D eigenvalue weighted by atomic mass is 79.9. The van der Waals surface area contributed by atoms with Crippen LogP contribution in [0.4, 0.5) is 0 Å². The molecule has 2 aromatic carbocycles. The normalized spacial score (nSPS) is 15.9. The van der Waals surface area contributed by atoms with Gasteiger partial charge in [-0.3, -0.25) is 29.0 Å². The average Bonchev–Trinajstić information content (AvgIpc) is 3.03. The minimum Gasteiger partial charge on any atom is -0.273 e. The summed E-state index contributed by atoms with van der Waals surface area (Å²) in [5.74, 6) is -1.45. The highest BCUT2D eigenvalue weighted by molar-refractivity contribution is 9.09. The molecule has 7 heteroatoms. The minimum atomic E-state index is -0.424. The molecule has 0 fully saturated rings. The zero-order valence-corrected chi connectivity index (χ0v) is 15.1. The predicted molar refractivity (Wildman–Crippen MR) is 96.3 cm³/mol. The van der Waals surface area contributed by atoms with E-state index < -0.39 is 4.83 Å². The Kier molecular flexibility index (Phi) is 3.96. The standard InChI is InChI=1S/C19H13BrN2O4/c20-11(9-21-16(23)12-5-1-2-6-13(12)17(21)24)10-22-18(25)14-7-3-4-8-15(14)19(22)26/h1-8,11H,9-10H2. The molecule has 2 aromatic rings. The van der Waals surface area contributed by atoms with Gasteiger partial charge in [0, 0.05) is 13.1 Å². The van der Waals surface area contributed by atoms with Crippen molar-refractivity contribution in [1.29, 1.82) is 0 Å². The van der Waals surface area contributed by atoms with Gasteiger partial charge in [-0.25, -0.2) is 0 Å². The molecule has 0 saturated carbocycles. The molecular weight excluding hydrogens is 400 g/mol. The highest BCUT2D eigenvalue weighted by Crippen LogP contribution is 2.26. The summed E-state index contributed by atoms with van der Waals surface area (Å²) in [6.07, 6.45) is 0. The summed E-state index contributed by atoms with van der Waals surface area (Å²) >= 11 is 3.41. The maximum atomic E-state index is 12.4. The monoisotopic (exact) mass is 412 g/mol. The molecule has 4 amide bonds. The second kappa shape index (κ2) is 6.17. The van der Waals surface area contributed by atoms with Gasteiger partial charge < -0.3 is 0 Å². The van der Waals surface area contributed by atoms with Crippen LogP contribution in [-0.4, -0.2) is 51.3 Å². The largest absolute Gasteiger partial charge is 0.273 e. The predicted octanol–water partition coefficient (Wildman–Crippen LogP) is 2.34. The number of nitrogens with zero attached hydrogens (tertiary/aromatic N) is 2. The van der Waals surface area contributed by atoms with E-state index in [0.717, 1.165) is 9.80 Å². The summed E-state index contributed by atoms with van der Waals surface area (Å²) in [6.45, 7) is 0.138. The van der Waals surface area contributed by atoms with Crippen molar-refractivity contribution in [3.8, 4) is 0 Å². The topological polar surface area (TPSA) is 74.8 Å². The maximum absolute atomic E-state index is 12.4. The van der Waals surface area contributed by atoms with Crippen LogP contribution in [-0.2, 0) is 0 Å². The van der Waals surface area contributed by atoms with Crippen molar-refractivity contribution in [2.75, 3.05) is 13.1 Å². The lowest BCUT2D eigenvalue weighted by atomic mass is 10.1. The quantitative estimate of drug-likeness (QED) is 0.570. The first kappa shape index (κ1) is 16.7. The number of alkyl halides is 1. The zero-order chi connectivity index (χ0) is 18.4. The number of hydrogen-bond donors (Lipinski definition) is 0. The van der Waals surface area contributed by atoms with E-state index in [0.29, 0.717) is 22.3 Å². The van der Waals surface area contributed by atoms with E-state index in [1.165, 1.54) is 0 Å². The molecule has 2 aliphatic rings. The van der Waals surface area contributed by atoms with Crippen LogP contribution in [0.15, 0.2) is 48.5 Å². The molecule has 6 nitrogen and oxygen atoms in total. The first-order chi connectivity index (χ1) is 12.5. The van der Waals surface area contributed by atoms with Crippen molar-refractivity contribution in [2.45, 2.75) is 4.83 Å². The molecular formula is C19H13BrN2O4. The third-order valence-corrected chi connectivity index (χ3v) is 5.10. The number of carbonyl (C=O) groups excluding carboxylic acids is 4. The Balaban J connectivity index is 1.49. The van der Waals surface area contributed by atoms with Crippen molar-refractivity contribution in [1.82, 2.24) is 9.80 Å². The fraction of sp³-hybridized carbons (Fsp3) is 0.158. The van der Waals surface area contributed by atoms with E-state index >= 15 is 0 Å². The van der Waals surface area contributed by atoms with Crippen LogP contribution in [0.5, 0.6) is 0 Å². The van der Waals surface area contributed by atoms with Crippen molar-refractivity contribution < 1.29 is 19.2 Å². The lowest BCUT2D eigenvalue weighted by Crippen LogP contribution is -2.41. The number of hydrogen-bond acceptors (Lipinski definition) is 4. The van der Waals surface area contributed by atoms with Crippen molar-refractivity contribution in [2.24, 2.45) is 0 Å². The molecule has 0 saturated heterocycles. The van der Waals surface area contributed by atoms with Gasteiger partial charge in [0.1, 0.15) is 0 Å². The van der Waals surface area contributed by atoms with E-state index in [1.54, 1.807) is 48.5 Å². The van der Waals surface area contributed by atoms with E-state index in [9.17, 15) is 19.2 Å². The van der Waals surface area contributed by atoms with E-state index in [1.807, 2.05) is 0 Å². The molecule has 0 N–H and O–H groups in total. The summed E-state index contributed by atoms with van der Waals surface area (Å²) in [6, 6.07) is 13.3. The first-order valence-electron chi connectivity index (χ1n) is 8.03. The van der Waals surface area contributed by atoms with Gasteiger partial charge in [-0.1, -0.05) is 40.2 Å². The Morgan fingerprint density at radius 3 is 1.15 bits per heavy atom. The summed E-state index contributed by atoms with van der Waals surface area (Å²) < 4.78 is 0. The second-order valence-corrected chi connectivity index (χ2v) is 7.43. The van der Waals surface area contributed by atoms with Crippen LogP contribution in [0.25, 0.3) is 0 Å². The van der Waals surface area contributed by atoms with E-state index in [4.69, 9.17) is 0 Å². The molecule has 0 atom stereocenters. The summed E-state index contributed by atoms with van der Waals surface area (Å²) in [7, 11) is 0. The Bertz CT molecular complexity index is 824. The van der Waals surface area contributed by atoms with Gasteiger partial charge in [0.2, 0.25) is 0 Å². The first-order valence-corrected chi connectivity index (χ1v) is 8.95. The Morgan fingerprint density at radius 2 is 0.885 bits per heavy atom. The Morgan fingerprint density at radius 1 is 0.615 bits per heavy atom. The maximum Gasteiger partial charge on any atom is 0.261 e. The third kappa shape index (κ3) is 2.47. The third-order valence-electron chi connectivity index (χ3n) is 4.52. The number of benzene rings is 2. The Hall–Kier alpha value is -2.80. The number of rotatable bonds is 4. The summed E-state index contributed by atoms with van der Waals surface area (Å²) in [5.41, 5.74) is 1.49. The zero-order valence-electron chi connectivity index (χ0n) is 13.5. The summed E-state index contributed by atoms with van der Waals surface area (Å²) in [4.78, 5) is 51.6. The lowest BCUT2D eigenvalue weighted by molar-refractivity contribution is 0.0632. The molecule has 26 heavy (non-hydrogen) atoms. The number of imide groups is 2. The lowest BCUT2D eigenvalue weighted by Gasteiger charge is -2.22. The molecule has 2 heterocycles. The van der Waals surface area contributed by atoms with Crippen LogP contribution in [0.3, 0.4) is 0 Å². The van der Waals surface area contributed by atoms with Gasteiger partial charge in [0.25, 0.3) is 23.6 Å². The van der Waals surface area contributed by atoms with Gasteiger partial charge in [-0.15, -0.1) is 0 Å².